The highest BCUT2D eigenvalue weighted by Crippen LogP contribution is 2.21. The molecule has 4 rings (SSSR count). The Morgan fingerprint density at radius 1 is 1.11 bits per heavy atom. The molecule has 2 heterocycles. The molecule has 27 heavy (non-hydrogen) atoms. The molecule has 0 aliphatic carbocycles. The van der Waals surface area contributed by atoms with Gasteiger partial charge < -0.3 is 14.4 Å². The zero-order valence-electron chi connectivity index (χ0n) is 15.2. The lowest BCUT2D eigenvalue weighted by Crippen LogP contribution is -2.44. The van der Waals surface area contributed by atoms with Crippen molar-refractivity contribution in [2.45, 2.75) is 18.9 Å². The number of ether oxygens (including phenoxy) is 2. The SMILES string of the molecule is COc1cncc(OC2CCCN(C(=O)c3ccc4ccccc4c3)C2)n1. The number of hydrogen-bond acceptors (Lipinski definition) is 5. The van der Waals surface area contributed by atoms with Gasteiger partial charge in [0.15, 0.2) is 0 Å². The summed E-state index contributed by atoms with van der Waals surface area (Å²) in [7, 11) is 1.54. The van der Waals surface area contributed by atoms with E-state index in [1.165, 1.54) is 6.20 Å². The van der Waals surface area contributed by atoms with E-state index in [1.807, 2.05) is 47.4 Å². The van der Waals surface area contributed by atoms with Gasteiger partial charge in [-0.15, -0.1) is 0 Å². The molecule has 1 amide bonds. The average molecular weight is 363 g/mol. The topological polar surface area (TPSA) is 64.6 Å². The molecule has 3 aromatic rings. The second-order valence-electron chi connectivity index (χ2n) is 6.59. The summed E-state index contributed by atoms with van der Waals surface area (Å²) in [5, 5.41) is 2.20. The second-order valence-corrected chi connectivity index (χ2v) is 6.59. The summed E-state index contributed by atoms with van der Waals surface area (Å²) in [6.07, 6.45) is 4.75. The Morgan fingerprint density at radius 2 is 1.93 bits per heavy atom. The van der Waals surface area contributed by atoms with E-state index in [0.717, 1.165) is 30.2 Å². The third-order valence-corrected chi connectivity index (χ3v) is 4.75. The van der Waals surface area contributed by atoms with Crippen molar-refractivity contribution in [1.29, 1.82) is 0 Å². The predicted molar refractivity (Wildman–Crippen MR) is 102 cm³/mol. The van der Waals surface area contributed by atoms with Gasteiger partial charge in [-0.05, 0) is 35.7 Å². The summed E-state index contributed by atoms with van der Waals surface area (Å²) in [6, 6.07) is 13.9. The number of carbonyl (C=O) groups is 1. The zero-order valence-corrected chi connectivity index (χ0v) is 15.2. The van der Waals surface area contributed by atoms with Crippen LogP contribution in [0.15, 0.2) is 54.9 Å². The Kier molecular flexibility index (Phi) is 4.87. The molecule has 0 radical (unpaired) electrons. The molecule has 1 fully saturated rings. The standard InChI is InChI=1S/C21H21N3O3/c1-26-19-12-22-13-20(23-19)27-18-7-4-10-24(14-18)21(25)17-9-8-15-5-2-3-6-16(15)11-17/h2-3,5-6,8-9,11-13,18H,4,7,10,14H2,1H3. The summed E-state index contributed by atoms with van der Waals surface area (Å²) in [6.45, 7) is 1.26. The molecular weight excluding hydrogens is 342 g/mol. The lowest BCUT2D eigenvalue weighted by atomic mass is 10.0. The van der Waals surface area contributed by atoms with Crippen LogP contribution in [0, 0.1) is 0 Å². The van der Waals surface area contributed by atoms with E-state index in [0.29, 0.717) is 23.9 Å². The Bertz CT molecular complexity index is 960. The predicted octanol–water partition coefficient (Wildman–Crippen LogP) is 3.32. The van der Waals surface area contributed by atoms with E-state index >= 15 is 0 Å². The Labute approximate surface area is 157 Å². The number of rotatable bonds is 4. The second kappa shape index (κ2) is 7.61. The minimum atomic E-state index is -0.107. The van der Waals surface area contributed by atoms with Crippen molar-refractivity contribution in [2.75, 3.05) is 20.2 Å². The largest absolute Gasteiger partial charge is 0.480 e. The number of likely N-dealkylation sites (tertiary alicyclic amines) is 1. The number of carbonyl (C=O) groups excluding carboxylic acids is 1. The molecule has 0 N–H and O–H groups in total. The molecule has 1 atom stereocenters. The van der Waals surface area contributed by atoms with Crippen molar-refractivity contribution in [2.24, 2.45) is 0 Å². The highest BCUT2D eigenvalue weighted by molar-refractivity contribution is 5.98. The summed E-state index contributed by atoms with van der Waals surface area (Å²) >= 11 is 0. The van der Waals surface area contributed by atoms with E-state index < -0.39 is 0 Å². The van der Waals surface area contributed by atoms with Crippen LogP contribution < -0.4 is 9.47 Å². The van der Waals surface area contributed by atoms with Crippen LogP contribution in [0.25, 0.3) is 10.8 Å². The Balaban J connectivity index is 1.47. The van der Waals surface area contributed by atoms with Crippen molar-refractivity contribution < 1.29 is 14.3 Å². The lowest BCUT2D eigenvalue weighted by Gasteiger charge is -2.32. The summed E-state index contributed by atoms with van der Waals surface area (Å²) in [4.78, 5) is 23.1. The maximum Gasteiger partial charge on any atom is 0.254 e. The van der Waals surface area contributed by atoms with Gasteiger partial charge in [0.05, 0.1) is 26.0 Å². The van der Waals surface area contributed by atoms with Gasteiger partial charge in [0, 0.05) is 12.1 Å². The molecule has 6 nitrogen and oxygen atoms in total. The van der Waals surface area contributed by atoms with Crippen LogP contribution in [0.3, 0.4) is 0 Å². The van der Waals surface area contributed by atoms with Gasteiger partial charge in [-0.2, -0.15) is 4.98 Å². The number of amides is 1. The Morgan fingerprint density at radius 3 is 2.78 bits per heavy atom. The van der Waals surface area contributed by atoms with Crippen molar-refractivity contribution >= 4 is 16.7 Å². The van der Waals surface area contributed by atoms with Crippen LogP contribution in [0.5, 0.6) is 11.8 Å². The van der Waals surface area contributed by atoms with Gasteiger partial charge in [0.25, 0.3) is 5.91 Å². The number of aromatic nitrogens is 2. The molecule has 6 heteroatoms. The fourth-order valence-electron chi connectivity index (χ4n) is 3.38. The maximum absolute atomic E-state index is 13.0. The minimum absolute atomic E-state index is 0.0331. The number of nitrogens with zero attached hydrogens (tertiary/aromatic N) is 3. The van der Waals surface area contributed by atoms with E-state index in [1.54, 1.807) is 13.3 Å². The molecule has 138 valence electrons. The van der Waals surface area contributed by atoms with E-state index in [2.05, 4.69) is 9.97 Å². The van der Waals surface area contributed by atoms with E-state index in [4.69, 9.17) is 9.47 Å². The third kappa shape index (κ3) is 3.84. The molecule has 1 aromatic heterocycles. The third-order valence-electron chi connectivity index (χ3n) is 4.75. The monoisotopic (exact) mass is 363 g/mol. The van der Waals surface area contributed by atoms with Crippen LogP contribution in [-0.4, -0.2) is 47.1 Å². The molecular formula is C21H21N3O3. The first-order chi connectivity index (χ1) is 13.2. The van der Waals surface area contributed by atoms with Gasteiger partial charge in [-0.1, -0.05) is 30.3 Å². The van der Waals surface area contributed by atoms with Crippen LogP contribution in [0.1, 0.15) is 23.2 Å². The highest BCUT2D eigenvalue weighted by Gasteiger charge is 2.26. The summed E-state index contributed by atoms with van der Waals surface area (Å²) < 4.78 is 11.0. The molecule has 0 spiro atoms. The van der Waals surface area contributed by atoms with Crippen LogP contribution in [0.4, 0.5) is 0 Å². The molecule has 1 saturated heterocycles. The quantitative estimate of drug-likeness (QED) is 0.711. The molecule has 1 aliphatic rings. The first-order valence-electron chi connectivity index (χ1n) is 9.04. The van der Waals surface area contributed by atoms with Crippen LogP contribution in [-0.2, 0) is 0 Å². The number of hydrogen-bond donors (Lipinski definition) is 0. The number of fused-ring (bicyclic) bond motifs is 1. The normalized spacial score (nSPS) is 16.9. The van der Waals surface area contributed by atoms with Crippen LogP contribution >= 0.6 is 0 Å². The van der Waals surface area contributed by atoms with Crippen molar-refractivity contribution in [3.8, 4) is 11.8 Å². The van der Waals surface area contributed by atoms with Gasteiger partial charge in [-0.3, -0.25) is 9.78 Å². The molecule has 0 saturated carbocycles. The first kappa shape index (κ1) is 17.3. The van der Waals surface area contributed by atoms with E-state index in [-0.39, 0.29) is 12.0 Å². The van der Waals surface area contributed by atoms with Gasteiger partial charge >= 0.3 is 0 Å². The Hall–Kier alpha value is -3.15. The van der Waals surface area contributed by atoms with E-state index in [9.17, 15) is 4.79 Å². The molecule has 2 aromatic carbocycles. The van der Waals surface area contributed by atoms with Gasteiger partial charge in [0.1, 0.15) is 6.10 Å². The average Bonchev–Trinajstić information content (AvgIpc) is 2.73. The lowest BCUT2D eigenvalue weighted by molar-refractivity contribution is 0.0525. The zero-order chi connectivity index (χ0) is 18.6. The summed E-state index contributed by atoms with van der Waals surface area (Å²) in [5.41, 5.74) is 0.704. The first-order valence-corrected chi connectivity index (χ1v) is 9.04. The van der Waals surface area contributed by atoms with Gasteiger partial charge in [0.2, 0.25) is 11.8 Å². The van der Waals surface area contributed by atoms with Crippen molar-refractivity contribution in [1.82, 2.24) is 14.9 Å². The number of benzene rings is 2. The maximum atomic E-state index is 13.0. The summed E-state index contributed by atoms with van der Waals surface area (Å²) in [5.74, 6) is 0.859. The van der Waals surface area contributed by atoms with Crippen LogP contribution in [0.2, 0.25) is 0 Å². The fourth-order valence-corrected chi connectivity index (χ4v) is 3.38. The van der Waals surface area contributed by atoms with Crippen molar-refractivity contribution in [3.05, 3.63) is 60.4 Å². The number of methoxy groups -OCH3 is 1. The van der Waals surface area contributed by atoms with Gasteiger partial charge in [-0.25, -0.2) is 0 Å². The highest BCUT2D eigenvalue weighted by atomic mass is 16.5. The van der Waals surface area contributed by atoms with Crippen molar-refractivity contribution in [3.63, 3.8) is 0 Å². The molecule has 1 aliphatic heterocycles. The number of piperidine rings is 1. The smallest absolute Gasteiger partial charge is 0.254 e. The molecule has 0 bridgehead atoms. The fraction of sp³-hybridized carbons (Fsp3) is 0.286. The minimum Gasteiger partial charge on any atom is -0.480 e. The molecule has 1 unspecified atom stereocenters.